The molecular formula is C9H7NO3. The van der Waals surface area contributed by atoms with Crippen LogP contribution in [0.3, 0.4) is 0 Å². The molecule has 1 aromatic heterocycles. The fourth-order valence-corrected chi connectivity index (χ4v) is 1.40. The summed E-state index contributed by atoms with van der Waals surface area (Å²) >= 11 is 0. The molecule has 1 aliphatic rings. The van der Waals surface area contributed by atoms with E-state index in [0.29, 0.717) is 22.4 Å². The largest absolute Gasteiger partial charge is 0.386 e. The third-order valence-corrected chi connectivity index (χ3v) is 2.05. The summed E-state index contributed by atoms with van der Waals surface area (Å²) in [6.07, 6.45) is 1.56. The molecule has 1 aliphatic heterocycles. The molecule has 0 unspecified atom stereocenters. The molecule has 0 radical (unpaired) electrons. The Kier molecular flexibility index (Phi) is 1.45. The van der Waals surface area contributed by atoms with E-state index in [0.717, 1.165) is 0 Å². The predicted octanol–water partition coefficient (Wildman–Crippen LogP) is 1.01. The third kappa shape index (κ3) is 0.950. The molecule has 0 bridgehead atoms. The molecule has 0 saturated heterocycles. The fourth-order valence-electron chi connectivity index (χ4n) is 1.40. The van der Waals surface area contributed by atoms with Crippen molar-refractivity contribution in [2.24, 2.45) is 0 Å². The minimum atomic E-state index is -0.589. The molecule has 13 heavy (non-hydrogen) atoms. The van der Waals surface area contributed by atoms with Crippen molar-refractivity contribution in [2.75, 3.05) is 0 Å². The van der Waals surface area contributed by atoms with Gasteiger partial charge >= 0.3 is 11.9 Å². The first kappa shape index (κ1) is 7.91. The van der Waals surface area contributed by atoms with Gasteiger partial charge < -0.3 is 4.74 Å². The van der Waals surface area contributed by atoms with Gasteiger partial charge in [-0.05, 0) is 19.4 Å². The first-order chi connectivity index (χ1) is 6.11. The van der Waals surface area contributed by atoms with Gasteiger partial charge in [-0.15, -0.1) is 0 Å². The number of cyclic esters (lactones) is 2. The summed E-state index contributed by atoms with van der Waals surface area (Å²) in [7, 11) is 0. The maximum Gasteiger partial charge on any atom is 0.348 e. The van der Waals surface area contributed by atoms with Gasteiger partial charge in [0.25, 0.3) is 0 Å². The van der Waals surface area contributed by atoms with Crippen LogP contribution in [0.2, 0.25) is 0 Å². The van der Waals surface area contributed by atoms with E-state index in [9.17, 15) is 9.59 Å². The van der Waals surface area contributed by atoms with Crippen LogP contribution < -0.4 is 0 Å². The van der Waals surface area contributed by atoms with Gasteiger partial charge in [0.15, 0.2) is 0 Å². The van der Waals surface area contributed by atoms with Crippen LogP contribution in [0.15, 0.2) is 6.20 Å². The molecule has 4 heteroatoms. The number of carbonyl (C=O) groups excluding carboxylic acids is 2. The number of aryl methyl sites for hydroxylation is 2. The Morgan fingerprint density at radius 2 is 1.77 bits per heavy atom. The van der Waals surface area contributed by atoms with Gasteiger partial charge in [-0.25, -0.2) is 9.59 Å². The number of aromatic nitrogens is 1. The Labute approximate surface area is 74.5 Å². The Hall–Kier alpha value is -1.71. The van der Waals surface area contributed by atoms with Crippen LogP contribution in [0.25, 0.3) is 0 Å². The summed E-state index contributed by atoms with van der Waals surface area (Å²) < 4.78 is 4.48. The highest BCUT2D eigenvalue weighted by atomic mass is 16.6. The van der Waals surface area contributed by atoms with E-state index in [1.807, 2.05) is 0 Å². The average Bonchev–Trinajstić information content (AvgIpc) is 2.36. The number of esters is 2. The van der Waals surface area contributed by atoms with Crippen molar-refractivity contribution in [3.05, 3.63) is 28.6 Å². The van der Waals surface area contributed by atoms with E-state index in [-0.39, 0.29) is 0 Å². The van der Waals surface area contributed by atoms with E-state index in [2.05, 4.69) is 9.72 Å². The minimum Gasteiger partial charge on any atom is -0.386 e. The zero-order valence-electron chi connectivity index (χ0n) is 7.25. The van der Waals surface area contributed by atoms with Crippen LogP contribution >= 0.6 is 0 Å². The number of carbonyl (C=O) groups is 2. The molecule has 0 saturated carbocycles. The predicted molar refractivity (Wildman–Crippen MR) is 43.5 cm³/mol. The Morgan fingerprint density at radius 1 is 1.15 bits per heavy atom. The quantitative estimate of drug-likeness (QED) is 0.438. The van der Waals surface area contributed by atoms with Gasteiger partial charge in [0.1, 0.15) is 0 Å². The Bertz CT molecular complexity index is 384. The molecule has 0 amide bonds. The molecule has 2 rings (SSSR count). The monoisotopic (exact) mass is 177 g/mol. The highest BCUT2D eigenvalue weighted by Gasteiger charge is 2.33. The topological polar surface area (TPSA) is 56.3 Å². The second-order valence-corrected chi connectivity index (χ2v) is 2.95. The van der Waals surface area contributed by atoms with Crippen molar-refractivity contribution in [3.8, 4) is 0 Å². The number of fused-ring (bicyclic) bond motifs is 1. The third-order valence-electron chi connectivity index (χ3n) is 2.05. The van der Waals surface area contributed by atoms with E-state index in [4.69, 9.17) is 0 Å². The normalized spacial score (nSPS) is 14.3. The molecular weight excluding hydrogens is 170 g/mol. The van der Waals surface area contributed by atoms with Gasteiger partial charge in [-0.3, -0.25) is 4.98 Å². The molecule has 0 aliphatic carbocycles. The van der Waals surface area contributed by atoms with Crippen LogP contribution in [0.1, 0.15) is 32.0 Å². The minimum absolute atomic E-state index is 0.310. The van der Waals surface area contributed by atoms with Crippen LogP contribution in [-0.2, 0) is 4.74 Å². The lowest BCUT2D eigenvalue weighted by atomic mass is 10.1. The van der Waals surface area contributed by atoms with E-state index in [1.165, 1.54) is 0 Å². The molecule has 0 aromatic carbocycles. The number of hydrogen-bond acceptors (Lipinski definition) is 4. The number of nitrogens with zero attached hydrogens (tertiary/aromatic N) is 1. The first-order valence-corrected chi connectivity index (χ1v) is 3.84. The van der Waals surface area contributed by atoms with Crippen LogP contribution in [0.5, 0.6) is 0 Å². The standard InChI is InChI=1S/C9H7NO3/c1-4-3-10-5(2)7-6(4)8(11)13-9(7)12/h3H,1-2H3. The number of hydrogen-bond donors (Lipinski definition) is 0. The van der Waals surface area contributed by atoms with Crippen molar-refractivity contribution >= 4 is 11.9 Å². The second-order valence-electron chi connectivity index (χ2n) is 2.95. The molecule has 0 atom stereocenters. The van der Waals surface area contributed by atoms with E-state index in [1.54, 1.807) is 20.0 Å². The Balaban J connectivity index is 2.81. The first-order valence-electron chi connectivity index (χ1n) is 3.84. The van der Waals surface area contributed by atoms with Crippen molar-refractivity contribution in [2.45, 2.75) is 13.8 Å². The zero-order chi connectivity index (χ0) is 9.59. The molecule has 0 N–H and O–H groups in total. The SMILES string of the molecule is Cc1cnc(C)c2c1C(=O)OC2=O. The van der Waals surface area contributed by atoms with Gasteiger partial charge in [0.2, 0.25) is 0 Å². The van der Waals surface area contributed by atoms with Crippen molar-refractivity contribution in [1.29, 1.82) is 0 Å². The lowest BCUT2D eigenvalue weighted by Crippen LogP contribution is -2.00. The lowest BCUT2D eigenvalue weighted by Gasteiger charge is -1.99. The van der Waals surface area contributed by atoms with Gasteiger partial charge in [0.05, 0.1) is 16.8 Å². The smallest absolute Gasteiger partial charge is 0.348 e. The van der Waals surface area contributed by atoms with Crippen LogP contribution in [-0.4, -0.2) is 16.9 Å². The summed E-state index contributed by atoms with van der Waals surface area (Å²) in [4.78, 5) is 26.3. The molecule has 66 valence electrons. The Morgan fingerprint density at radius 3 is 2.38 bits per heavy atom. The van der Waals surface area contributed by atoms with E-state index >= 15 is 0 Å². The maximum atomic E-state index is 11.2. The zero-order valence-corrected chi connectivity index (χ0v) is 7.25. The summed E-state index contributed by atoms with van der Waals surface area (Å²) in [5.74, 6) is -1.16. The lowest BCUT2D eigenvalue weighted by molar-refractivity contribution is 0.0443. The van der Waals surface area contributed by atoms with Crippen molar-refractivity contribution in [3.63, 3.8) is 0 Å². The van der Waals surface area contributed by atoms with Gasteiger partial charge in [0, 0.05) is 6.20 Å². The number of pyridine rings is 1. The summed E-state index contributed by atoms with van der Waals surface area (Å²) in [6, 6.07) is 0. The number of rotatable bonds is 0. The molecule has 0 fully saturated rings. The van der Waals surface area contributed by atoms with Crippen molar-refractivity contribution in [1.82, 2.24) is 4.98 Å². The van der Waals surface area contributed by atoms with Crippen molar-refractivity contribution < 1.29 is 14.3 Å². The fraction of sp³-hybridized carbons (Fsp3) is 0.222. The van der Waals surface area contributed by atoms with Gasteiger partial charge in [-0.1, -0.05) is 0 Å². The highest BCUT2D eigenvalue weighted by Crippen LogP contribution is 2.24. The second kappa shape index (κ2) is 2.39. The molecule has 0 spiro atoms. The van der Waals surface area contributed by atoms with Crippen LogP contribution in [0, 0.1) is 13.8 Å². The number of ether oxygens (including phenoxy) is 1. The van der Waals surface area contributed by atoms with Gasteiger partial charge in [-0.2, -0.15) is 0 Å². The summed E-state index contributed by atoms with van der Waals surface area (Å²) in [5, 5.41) is 0. The molecule has 1 aromatic rings. The summed E-state index contributed by atoms with van der Waals surface area (Å²) in [5.41, 5.74) is 1.88. The molecule has 2 heterocycles. The van der Waals surface area contributed by atoms with E-state index < -0.39 is 11.9 Å². The highest BCUT2D eigenvalue weighted by molar-refractivity contribution is 6.15. The molecule has 4 nitrogen and oxygen atoms in total. The summed E-state index contributed by atoms with van der Waals surface area (Å²) in [6.45, 7) is 3.41. The van der Waals surface area contributed by atoms with Crippen LogP contribution in [0.4, 0.5) is 0 Å². The maximum absolute atomic E-state index is 11.2. The average molecular weight is 177 g/mol.